The lowest BCUT2D eigenvalue weighted by Crippen LogP contribution is -2.41. The molecular formula is C15H23NO2. The highest BCUT2D eigenvalue weighted by molar-refractivity contribution is 5.31. The first-order chi connectivity index (χ1) is 8.62. The quantitative estimate of drug-likeness (QED) is 0.842. The molecule has 1 aromatic rings. The molecule has 2 rings (SSSR count). The Bertz CT molecular complexity index is 390. The van der Waals surface area contributed by atoms with Gasteiger partial charge in [0.15, 0.2) is 0 Å². The van der Waals surface area contributed by atoms with Crippen LogP contribution in [0.4, 0.5) is 0 Å². The van der Waals surface area contributed by atoms with E-state index in [4.69, 9.17) is 4.74 Å². The van der Waals surface area contributed by atoms with Crippen LogP contribution in [-0.4, -0.2) is 23.9 Å². The third-order valence-corrected chi connectivity index (χ3v) is 3.49. The van der Waals surface area contributed by atoms with Crippen LogP contribution in [-0.2, 0) is 11.3 Å². The van der Waals surface area contributed by atoms with Crippen LogP contribution in [0.25, 0.3) is 0 Å². The molecule has 0 saturated carbocycles. The molecule has 1 aliphatic heterocycles. The largest absolute Gasteiger partial charge is 0.389 e. The number of ether oxygens (including phenoxy) is 1. The molecule has 0 aromatic heterocycles. The lowest BCUT2D eigenvalue weighted by Gasteiger charge is -2.30. The molecular weight excluding hydrogens is 226 g/mol. The van der Waals surface area contributed by atoms with Crippen LogP contribution in [0.5, 0.6) is 0 Å². The second kappa shape index (κ2) is 5.83. The van der Waals surface area contributed by atoms with Gasteiger partial charge in [-0.25, -0.2) is 0 Å². The van der Waals surface area contributed by atoms with Gasteiger partial charge in [0, 0.05) is 6.54 Å². The van der Waals surface area contributed by atoms with Gasteiger partial charge in [-0.15, -0.1) is 0 Å². The fourth-order valence-electron chi connectivity index (χ4n) is 2.52. The molecule has 3 nitrogen and oxygen atoms in total. The van der Waals surface area contributed by atoms with Gasteiger partial charge >= 0.3 is 0 Å². The molecule has 1 aliphatic rings. The zero-order valence-electron chi connectivity index (χ0n) is 11.3. The molecule has 1 aromatic carbocycles. The number of benzene rings is 1. The van der Waals surface area contributed by atoms with E-state index in [0.717, 1.165) is 12.8 Å². The molecule has 2 atom stereocenters. The van der Waals surface area contributed by atoms with E-state index in [2.05, 4.69) is 30.4 Å². The second-order valence-corrected chi connectivity index (χ2v) is 5.39. The van der Waals surface area contributed by atoms with Crippen molar-refractivity contribution in [3.05, 3.63) is 35.4 Å². The molecule has 2 unspecified atom stereocenters. The smallest absolute Gasteiger partial charge is 0.0743 e. The lowest BCUT2D eigenvalue weighted by molar-refractivity contribution is 0.0338. The number of fused-ring (bicyclic) bond motifs is 1. The minimum Gasteiger partial charge on any atom is -0.389 e. The van der Waals surface area contributed by atoms with E-state index in [0.29, 0.717) is 19.8 Å². The fourth-order valence-corrected chi connectivity index (χ4v) is 2.52. The Kier molecular flexibility index (Phi) is 4.38. The molecule has 18 heavy (non-hydrogen) atoms. The highest BCUT2D eigenvalue weighted by Crippen LogP contribution is 2.25. The zero-order valence-corrected chi connectivity index (χ0v) is 11.3. The van der Waals surface area contributed by atoms with Crippen LogP contribution in [0, 0.1) is 0 Å². The van der Waals surface area contributed by atoms with Gasteiger partial charge in [0.2, 0.25) is 0 Å². The molecule has 2 N–H and O–H groups in total. The molecule has 0 radical (unpaired) electrons. The summed E-state index contributed by atoms with van der Waals surface area (Å²) in [5, 5.41) is 13.6. The summed E-state index contributed by atoms with van der Waals surface area (Å²) in [6, 6.07) is 8.54. The van der Waals surface area contributed by atoms with Crippen molar-refractivity contribution in [1.82, 2.24) is 5.32 Å². The summed E-state index contributed by atoms with van der Waals surface area (Å²) in [5.74, 6) is 0. The summed E-state index contributed by atoms with van der Waals surface area (Å²) in [7, 11) is 0. The number of aliphatic hydroxyl groups is 1. The minimum absolute atomic E-state index is 0.193. The Morgan fingerprint density at radius 3 is 3.00 bits per heavy atom. The second-order valence-electron chi connectivity index (χ2n) is 5.39. The van der Waals surface area contributed by atoms with Gasteiger partial charge in [0.05, 0.1) is 24.9 Å². The van der Waals surface area contributed by atoms with Crippen LogP contribution < -0.4 is 5.32 Å². The molecule has 0 bridgehead atoms. The van der Waals surface area contributed by atoms with Crippen molar-refractivity contribution in [3.63, 3.8) is 0 Å². The Labute approximate surface area is 109 Å². The Morgan fingerprint density at radius 2 is 2.22 bits per heavy atom. The van der Waals surface area contributed by atoms with Crippen molar-refractivity contribution in [2.45, 2.75) is 44.9 Å². The van der Waals surface area contributed by atoms with Gasteiger partial charge in [0.1, 0.15) is 0 Å². The molecule has 0 spiro atoms. The van der Waals surface area contributed by atoms with Crippen LogP contribution in [0.2, 0.25) is 0 Å². The first-order valence-electron chi connectivity index (χ1n) is 6.74. The van der Waals surface area contributed by atoms with Gasteiger partial charge in [-0.1, -0.05) is 37.6 Å². The Hall–Kier alpha value is -0.900. The van der Waals surface area contributed by atoms with Crippen LogP contribution in [0.1, 0.15) is 43.9 Å². The summed E-state index contributed by atoms with van der Waals surface area (Å²) in [4.78, 5) is 0. The number of hydrogen-bond donors (Lipinski definition) is 2. The van der Waals surface area contributed by atoms with E-state index in [1.165, 1.54) is 11.1 Å². The van der Waals surface area contributed by atoms with Crippen LogP contribution in [0.15, 0.2) is 24.3 Å². The van der Waals surface area contributed by atoms with Gasteiger partial charge in [0.25, 0.3) is 0 Å². The van der Waals surface area contributed by atoms with E-state index in [9.17, 15) is 5.11 Å². The van der Waals surface area contributed by atoms with Crippen LogP contribution >= 0.6 is 0 Å². The molecule has 100 valence electrons. The van der Waals surface area contributed by atoms with E-state index in [1.807, 2.05) is 13.0 Å². The molecule has 0 amide bonds. The SMILES string of the molecule is CCCC(C)(O)CNC1COCc2ccccc21. The highest BCUT2D eigenvalue weighted by atomic mass is 16.5. The number of nitrogens with one attached hydrogen (secondary N) is 1. The van der Waals surface area contributed by atoms with E-state index in [-0.39, 0.29) is 6.04 Å². The molecule has 3 heteroatoms. The summed E-state index contributed by atoms with van der Waals surface area (Å²) < 4.78 is 5.59. The average molecular weight is 249 g/mol. The van der Waals surface area contributed by atoms with Crippen LogP contribution in [0.3, 0.4) is 0 Å². The standard InChI is InChI=1S/C15H23NO2/c1-3-8-15(2,17)11-16-14-10-18-9-12-6-4-5-7-13(12)14/h4-7,14,16-17H,3,8-11H2,1-2H3. The Balaban J connectivity index is 1.99. The molecule has 1 heterocycles. The van der Waals surface area contributed by atoms with Gasteiger partial charge in [-0.2, -0.15) is 0 Å². The lowest BCUT2D eigenvalue weighted by atomic mass is 9.96. The molecule has 0 saturated heterocycles. The zero-order chi connectivity index (χ0) is 13.0. The van der Waals surface area contributed by atoms with Crippen molar-refractivity contribution in [2.24, 2.45) is 0 Å². The predicted octanol–water partition coefficient (Wildman–Crippen LogP) is 2.40. The normalized spacial score (nSPS) is 22.3. The monoisotopic (exact) mass is 249 g/mol. The fraction of sp³-hybridized carbons (Fsp3) is 0.600. The first-order valence-corrected chi connectivity index (χ1v) is 6.74. The topological polar surface area (TPSA) is 41.5 Å². The predicted molar refractivity (Wildman–Crippen MR) is 72.4 cm³/mol. The third-order valence-electron chi connectivity index (χ3n) is 3.49. The van der Waals surface area contributed by atoms with E-state index < -0.39 is 5.60 Å². The Morgan fingerprint density at radius 1 is 1.44 bits per heavy atom. The van der Waals surface area contributed by atoms with Crippen molar-refractivity contribution in [3.8, 4) is 0 Å². The first kappa shape index (κ1) is 13.5. The minimum atomic E-state index is -0.638. The maximum Gasteiger partial charge on any atom is 0.0743 e. The number of hydrogen-bond acceptors (Lipinski definition) is 3. The van der Waals surface area contributed by atoms with Crippen molar-refractivity contribution in [1.29, 1.82) is 0 Å². The van der Waals surface area contributed by atoms with Gasteiger partial charge < -0.3 is 15.2 Å². The summed E-state index contributed by atoms with van der Waals surface area (Å²) in [5.41, 5.74) is 1.91. The molecule has 0 aliphatic carbocycles. The van der Waals surface area contributed by atoms with Gasteiger partial charge in [-0.3, -0.25) is 0 Å². The maximum absolute atomic E-state index is 10.2. The van der Waals surface area contributed by atoms with Crippen molar-refractivity contribution in [2.75, 3.05) is 13.2 Å². The molecule has 0 fully saturated rings. The van der Waals surface area contributed by atoms with Gasteiger partial charge in [-0.05, 0) is 24.5 Å². The van der Waals surface area contributed by atoms with E-state index in [1.54, 1.807) is 0 Å². The summed E-state index contributed by atoms with van der Waals surface area (Å²) in [6.45, 7) is 5.95. The average Bonchev–Trinajstić information content (AvgIpc) is 2.36. The van der Waals surface area contributed by atoms with Crippen molar-refractivity contribution < 1.29 is 9.84 Å². The number of rotatable bonds is 5. The van der Waals surface area contributed by atoms with Crippen molar-refractivity contribution >= 4 is 0 Å². The highest BCUT2D eigenvalue weighted by Gasteiger charge is 2.24. The maximum atomic E-state index is 10.2. The summed E-state index contributed by atoms with van der Waals surface area (Å²) >= 11 is 0. The summed E-state index contributed by atoms with van der Waals surface area (Å²) in [6.07, 6.45) is 1.81. The third kappa shape index (κ3) is 3.31. The van der Waals surface area contributed by atoms with E-state index >= 15 is 0 Å².